The van der Waals surface area contributed by atoms with Crippen LogP contribution in [0.2, 0.25) is 0 Å². The topological polar surface area (TPSA) is 106 Å². The molecule has 1 aliphatic rings. The van der Waals surface area contributed by atoms with Crippen LogP contribution in [0.1, 0.15) is 20.3 Å². The normalized spacial score (nSPS) is 32.7. The summed E-state index contributed by atoms with van der Waals surface area (Å²) in [5.74, 6) is -2.05. The fraction of sp³-hybridized carbons (Fsp3) is 0.714. The van der Waals surface area contributed by atoms with Crippen LogP contribution >= 0.6 is 0 Å². The van der Waals surface area contributed by atoms with E-state index in [1.54, 1.807) is 0 Å². The van der Waals surface area contributed by atoms with Gasteiger partial charge in [0.15, 0.2) is 0 Å². The number of hydrogen-bond acceptors (Lipinski definition) is 2. The first-order valence-corrected chi connectivity index (χ1v) is 3.31. The van der Waals surface area contributed by atoms with Crippen molar-refractivity contribution < 1.29 is 128 Å². The van der Waals surface area contributed by atoms with Crippen molar-refractivity contribution in [2.45, 2.75) is 20.3 Å². The van der Waals surface area contributed by atoms with E-state index in [-0.39, 0.29) is 115 Å². The molecule has 1 rings (SSSR count). The standard InChI is InChI=1S/C7H10O4.2K.H2O/c1-6(4(8)9)3-7(6,2)5(10)11;;;/h3H2,1-2H3,(H,8,9)(H,10,11);;;1H2/q;2*+1;. The second-order valence-electron chi connectivity index (χ2n) is 3.45. The van der Waals surface area contributed by atoms with Gasteiger partial charge in [-0.15, -0.1) is 0 Å². The van der Waals surface area contributed by atoms with E-state index in [4.69, 9.17) is 10.2 Å². The van der Waals surface area contributed by atoms with Gasteiger partial charge in [-0.25, -0.2) is 0 Å². The summed E-state index contributed by atoms with van der Waals surface area (Å²) in [6, 6.07) is 0. The fourth-order valence-electron chi connectivity index (χ4n) is 1.29. The average molecular weight is 254 g/mol. The summed E-state index contributed by atoms with van der Waals surface area (Å²) < 4.78 is 0. The zero-order valence-corrected chi connectivity index (χ0v) is 15.2. The van der Waals surface area contributed by atoms with Crippen LogP contribution in [-0.4, -0.2) is 27.6 Å². The Morgan fingerprint density at radius 3 is 1.29 bits per heavy atom. The Hall–Kier alpha value is 2.17. The molecule has 0 heterocycles. The van der Waals surface area contributed by atoms with Gasteiger partial charge in [-0.05, 0) is 20.3 Å². The first-order chi connectivity index (χ1) is 4.84. The van der Waals surface area contributed by atoms with Gasteiger partial charge in [0, 0.05) is 0 Å². The monoisotopic (exact) mass is 254 g/mol. The van der Waals surface area contributed by atoms with Gasteiger partial charge in [0.05, 0.1) is 10.8 Å². The number of rotatable bonds is 2. The molecule has 0 saturated heterocycles. The van der Waals surface area contributed by atoms with Crippen LogP contribution in [0.4, 0.5) is 0 Å². The number of carboxylic acids is 2. The average Bonchev–Trinajstić information content (AvgIpc) is 2.39. The zero-order chi connectivity index (χ0) is 8.86. The molecule has 0 amide bonds. The molecule has 2 unspecified atom stereocenters. The molecule has 1 aliphatic carbocycles. The maximum Gasteiger partial charge on any atom is 1.00 e. The van der Waals surface area contributed by atoms with Crippen LogP contribution in [-0.2, 0) is 9.59 Å². The van der Waals surface area contributed by atoms with Crippen molar-refractivity contribution in [1.82, 2.24) is 0 Å². The number of aliphatic carboxylic acids is 2. The van der Waals surface area contributed by atoms with Crippen molar-refractivity contribution >= 4 is 11.9 Å². The molecule has 5 nitrogen and oxygen atoms in total. The Morgan fingerprint density at radius 1 is 1.00 bits per heavy atom. The van der Waals surface area contributed by atoms with Gasteiger partial charge < -0.3 is 15.7 Å². The van der Waals surface area contributed by atoms with E-state index >= 15 is 0 Å². The molecule has 0 spiro atoms. The molecule has 0 aromatic rings. The summed E-state index contributed by atoms with van der Waals surface area (Å²) in [4.78, 5) is 21.1. The van der Waals surface area contributed by atoms with E-state index in [1.165, 1.54) is 13.8 Å². The SMILES string of the molecule is CC1(C(=O)O)CC1(C)C(=O)O.O.[K+].[K+]. The minimum atomic E-state index is -1.06. The van der Waals surface area contributed by atoms with Gasteiger partial charge in [0.2, 0.25) is 0 Å². The third-order valence-corrected chi connectivity index (χ3v) is 2.74. The molecule has 2 atom stereocenters. The fourth-order valence-corrected chi connectivity index (χ4v) is 1.29. The number of hydrogen-bond donors (Lipinski definition) is 2. The third kappa shape index (κ3) is 3.33. The van der Waals surface area contributed by atoms with Gasteiger partial charge in [0.1, 0.15) is 0 Å². The Labute approximate surface area is 167 Å². The molecule has 0 radical (unpaired) electrons. The van der Waals surface area contributed by atoms with Crippen LogP contribution in [0.25, 0.3) is 0 Å². The molecule has 1 fully saturated rings. The molecular formula is C7H12K2O5+2. The maximum atomic E-state index is 10.5. The summed E-state index contributed by atoms with van der Waals surface area (Å²) in [5.41, 5.74) is -2.11. The molecule has 4 N–H and O–H groups in total. The molecule has 70 valence electrons. The van der Waals surface area contributed by atoms with E-state index in [0.29, 0.717) is 0 Å². The number of carbonyl (C=O) groups is 2. The van der Waals surface area contributed by atoms with Gasteiger partial charge in [-0.1, -0.05) is 0 Å². The summed E-state index contributed by atoms with van der Waals surface area (Å²) in [6.45, 7) is 2.92. The third-order valence-electron chi connectivity index (χ3n) is 2.74. The van der Waals surface area contributed by atoms with Crippen molar-refractivity contribution in [1.29, 1.82) is 0 Å². The van der Waals surface area contributed by atoms with Crippen molar-refractivity contribution in [3.05, 3.63) is 0 Å². The van der Waals surface area contributed by atoms with Crippen LogP contribution in [0.5, 0.6) is 0 Å². The van der Waals surface area contributed by atoms with Crippen molar-refractivity contribution in [2.24, 2.45) is 10.8 Å². The van der Waals surface area contributed by atoms with E-state index in [2.05, 4.69) is 0 Å². The van der Waals surface area contributed by atoms with Crippen LogP contribution in [0, 0.1) is 10.8 Å². The second-order valence-corrected chi connectivity index (χ2v) is 3.45. The van der Waals surface area contributed by atoms with Crippen molar-refractivity contribution in [2.75, 3.05) is 0 Å². The molecule has 14 heavy (non-hydrogen) atoms. The first kappa shape index (κ1) is 21.5. The second kappa shape index (κ2) is 6.80. The van der Waals surface area contributed by atoms with E-state index in [9.17, 15) is 9.59 Å². The predicted octanol–water partition coefficient (Wildman–Crippen LogP) is -6.24. The predicted molar refractivity (Wildman–Crippen MR) is 39.7 cm³/mol. The summed E-state index contributed by atoms with van der Waals surface area (Å²) >= 11 is 0. The molecule has 0 aromatic carbocycles. The van der Waals surface area contributed by atoms with Crippen molar-refractivity contribution in [3.63, 3.8) is 0 Å². The first-order valence-electron chi connectivity index (χ1n) is 3.31. The molecule has 7 heteroatoms. The summed E-state index contributed by atoms with van der Waals surface area (Å²) in [7, 11) is 0. The van der Waals surface area contributed by atoms with Gasteiger partial charge in [0.25, 0.3) is 0 Å². The van der Waals surface area contributed by atoms with Crippen molar-refractivity contribution in [3.8, 4) is 0 Å². The molecule has 0 aliphatic heterocycles. The van der Waals surface area contributed by atoms with E-state index in [1.807, 2.05) is 0 Å². The minimum absolute atomic E-state index is 0. The summed E-state index contributed by atoms with van der Waals surface area (Å²) in [5, 5.41) is 17.3. The van der Waals surface area contributed by atoms with Gasteiger partial charge >= 0.3 is 115 Å². The minimum Gasteiger partial charge on any atom is -0.481 e. The van der Waals surface area contributed by atoms with Crippen LogP contribution in [0.15, 0.2) is 0 Å². The molecule has 1 saturated carbocycles. The van der Waals surface area contributed by atoms with E-state index in [0.717, 1.165) is 0 Å². The Kier molecular flexibility index (Phi) is 10.4. The molecule has 0 bridgehead atoms. The smallest absolute Gasteiger partial charge is 0.481 e. The van der Waals surface area contributed by atoms with Crippen LogP contribution in [0.3, 0.4) is 0 Å². The number of carboxylic acid groups (broad SMARTS) is 2. The zero-order valence-electron chi connectivity index (χ0n) is 8.92. The Bertz CT molecular complexity index is 220. The van der Waals surface area contributed by atoms with Crippen LogP contribution < -0.4 is 103 Å². The summed E-state index contributed by atoms with van der Waals surface area (Å²) in [6.07, 6.45) is 0.227. The van der Waals surface area contributed by atoms with E-state index < -0.39 is 22.8 Å². The van der Waals surface area contributed by atoms with Gasteiger partial charge in [-0.3, -0.25) is 9.59 Å². The Morgan fingerprint density at radius 2 is 1.21 bits per heavy atom. The Balaban J connectivity index is -0.000000403. The maximum absolute atomic E-state index is 10.5. The molecular weight excluding hydrogens is 242 g/mol. The largest absolute Gasteiger partial charge is 1.00 e. The molecule has 0 aromatic heterocycles. The quantitative estimate of drug-likeness (QED) is 0.478. The van der Waals surface area contributed by atoms with Gasteiger partial charge in [-0.2, -0.15) is 0 Å².